The van der Waals surface area contributed by atoms with Gasteiger partial charge in [-0.25, -0.2) is 0 Å². The number of para-hydroxylation sites is 1. The fraction of sp³-hybridized carbons (Fsp3) is 0.625. The molecule has 1 heterocycles. The summed E-state index contributed by atoms with van der Waals surface area (Å²) in [7, 11) is 3.95. The van der Waals surface area contributed by atoms with Crippen molar-refractivity contribution in [3.05, 3.63) is 29.8 Å². The predicted octanol–water partition coefficient (Wildman–Crippen LogP) is 2.83. The number of hydrogen-bond donors (Lipinski definition) is 1. The summed E-state index contributed by atoms with van der Waals surface area (Å²) >= 11 is 0. The summed E-state index contributed by atoms with van der Waals surface area (Å²) in [4.78, 5) is 2.40. The molecule has 0 spiro atoms. The molecule has 0 aromatic heterocycles. The second-order valence-electron chi connectivity index (χ2n) is 5.45. The molecule has 19 heavy (non-hydrogen) atoms. The Morgan fingerprint density at radius 3 is 2.63 bits per heavy atom. The van der Waals surface area contributed by atoms with E-state index in [0.29, 0.717) is 12.1 Å². The maximum atomic E-state index is 5.49. The molecule has 1 saturated heterocycles. The Morgan fingerprint density at radius 2 is 2.00 bits per heavy atom. The summed E-state index contributed by atoms with van der Waals surface area (Å²) in [5.74, 6) is 0.995. The molecule has 1 unspecified atom stereocenters. The van der Waals surface area contributed by atoms with Crippen LogP contribution in [0.2, 0.25) is 0 Å². The van der Waals surface area contributed by atoms with Crippen molar-refractivity contribution in [3.63, 3.8) is 0 Å². The van der Waals surface area contributed by atoms with E-state index in [0.717, 1.165) is 12.2 Å². The van der Waals surface area contributed by atoms with E-state index in [1.165, 1.54) is 31.5 Å². The van der Waals surface area contributed by atoms with Crippen LogP contribution in [0.25, 0.3) is 0 Å². The van der Waals surface area contributed by atoms with Crippen LogP contribution in [0.4, 0.5) is 0 Å². The molecule has 3 heteroatoms. The van der Waals surface area contributed by atoms with Crippen molar-refractivity contribution in [2.75, 3.05) is 27.2 Å². The van der Waals surface area contributed by atoms with Crippen molar-refractivity contribution in [2.45, 2.75) is 38.3 Å². The lowest BCUT2D eigenvalue weighted by atomic mass is 9.99. The average molecular weight is 262 g/mol. The van der Waals surface area contributed by atoms with Gasteiger partial charge in [-0.05, 0) is 45.5 Å². The quantitative estimate of drug-likeness (QED) is 0.883. The first-order chi connectivity index (χ1) is 9.24. The zero-order valence-electron chi connectivity index (χ0n) is 12.4. The van der Waals surface area contributed by atoms with E-state index in [1.54, 1.807) is 7.11 Å². The third-order valence-electron chi connectivity index (χ3n) is 4.08. The Labute approximate surface area is 116 Å². The van der Waals surface area contributed by atoms with Crippen LogP contribution in [-0.2, 0) is 0 Å². The first-order valence-electron chi connectivity index (χ1n) is 7.32. The van der Waals surface area contributed by atoms with Crippen molar-refractivity contribution < 1.29 is 4.74 Å². The largest absolute Gasteiger partial charge is 0.496 e. The zero-order chi connectivity index (χ0) is 13.7. The number of nitrogens with one attached hydrogen (secondary N) is 1. The molecule has 0 radical (unpaired) electrons. The van der Waals surface area contributed by atoms with Crippen LogP contribution in [-0.4, -0.2) is 38.2 Å². The monoisotopic (exact) mass is 262 g/mol. The Balaban J connectivity index is 2.03. The van der Waals surface area contributed by atoms with Crippen LogP contribution < -0.4 is 10.1 Å². The molecule has 0 saturated carbocycles. The van der Waals surface area contributed by atoms with Crippen LogP contribution >= 0.6 is 0 Å². The van der Waals surface area contributed by atoms with Crippen molar-refractivity contribution in [1.29, 1.82) is 0 Å². The molecule has 3 nitrogen and oxygen atoms in total. The number of methoxy groups -OCH3 is 1. The van der Waals surface area contributed by atoms with Crippen LogP contribution in [0.15, 0.2) is 24.3 Å². The lowest BCUT2D eigenvalue weighted by Gasteiger charge is -2.33. The molecule has 1 atom stereocenters. The number of hydrogen-bond acceptors (Lipinski definition) is 3. The summed E-state index contributed by atoms with van der Waals surface area (Å²) in [5.41, 5.74) is 1.28. The van der Waals surface area contributed by atoms with Gasteiger partial charge in [0.15, 0.2) is 0 Å². The molecule has 106 valence electrons. The van der Waals surface area contributed by atoms with E-state index in [-0.39, 0.29) is 0 Å². The molecular formula is C16H26N2O. The van der Waals surface area contributed by atoms with Gasteiger partial charge in [-0.2, -0.15) is 0 Å². The molecule has 1 aliphatic rings. The molecule has 1 aliphatic heterocycles. The predicted molar refractivity (Wildman–Crippen MR) is 79.7 cm³/mol. The van der Waals surface area contributed by atoms with Crippen molar-refractivity contribution >= 4 is 0 Å². The smallest absolute Gasteiger partial charge is 0.123 e. The highest BCUT2D eigenvalue weighted by atomic mass is 16.5. The van der Waals surface area contributed by atoms with Crippen LogP contribution in [0.1, 0.15) is 37.8 Å². The molecule has 1 aromatic rings. The van der Waals surface area contributed by atoms with E-state index >= 15 is 0 Å². The Morgan fingerprint density at radius 1 is 1.32 bits per heavy atom. The topological polar surface area (TPSA) is 24.5 Å². The van der Waals surface area contributed by atoms with Crippen LogP contribution in [0.5, 0.6) is 5.75 Å². The lowest BCUT2D eigenvalue weighted by Crippen LogP contribution is -2.42. The van der Waals surface area contributed by atoms with Crippen molar-refractivity contribution in [2.24, 2.45) is 0 Å². The van der Waals surface area contributed by atoms with Crippen molar-refractivity contribution in [3.8, 4) is 5.75 Å². The average Bonchev–Trinajstić information content (AvgIpc) is 2.46. The summed E-state index contributed by atoms with van der Waals surface area (Å²) in [6.45, 7) is 4.62. The summed E-state index contributed by atoms with van der Waals surface area (Å²) in [5, 5.41) is 3.81. The van der Waals surface area contributed by atoms with E-state index in [4.69, 9.17) is 4.74 Å². The van der Waals surface area contributed by atoms with Crippen LogP contribution in [0, 0.1) is 0 Å². The van der Waals surface area contributed by atoms with Crippen LogP contribution in [0.3, 0.4) is 0 Å². The molecule has 2 rings (SSSR count). The van der Waals surface area contributed by atoms with Crippen molar-refractivity contribution in [1.82, 2.24) is 10.2 Å². The normalized spacial score (nSPS) is 19.3. The molecular weight excluding hydrogens is 236 g/mol. The third-order valence-corrected chi connectivity index (χ3v) is 4.08. The minimum absolute atomic E-state index is 0.393. The van der Waals surface area contributed by atoms with Gasteiger partial charge in [0.2, 0.25) is 0 Å². The second-order valence-corrected chi connectivity index (χ2v) is 5.45. The standard InChI is InChI=1S/C16H26N2O/c1-4-15(14-7-5-6-8-16(14)19-3)17-13-9-11-18(2)12-10-13/h5-8,13,15,17H,4,9-12H2,1-3H3. The van der Waals surface area contributed by atoms with Gasteiger partial charge >= 0.3 is 0 Å². The summed E-state index contributed by atoms with van der Waals surface area (Å²) in [6, 6.07) is 9.38. The van der Waals surface area contributed by atoms with Gasteiger partial charge < -0.3 is 15.0 Å². The molecule has 0 bridgehead atoms. The fourth-order valence-corrected chi connectivity index (χ4v) is 2.84. The maximum absolute atomic E-state index is 5.49. The van der Waals surface area contributed by atoms with E-state index in [1.807, 2.05) is 12.1 Å². The van der Waals surface area contributed by atoms with Gasteiger partial charge in [0.1, 0.15) is 5.75 Å². The minimum Gasteiger partial charge on any atom is -0.496 e. The molecule has 1 fully saturated rings. The number of piperidine rings is 1. The minimum atomic E-state index is 0.393. The number of likely N-dealkylation sites (tertiary alicyclic amines) is 1. The number of ether oxygens (including phenoxy) is 1. The Hall–Kier alpha value is -1.06. The number of benzene rings is 1. The van der Waals surface area contributed by atoms with E-state index < -0.39 is 0 Å². The second kappa shape index (κ2) is 6.92. The van der Waals surface area contributed by atoms with Gasteiger partial charge in [0, 0.05) is 17.6 Å². The Bertz CT molecular complexity index is 386. The lowest BCUT2D eigenvalue weighted by molar-refractivity contribution is 0.222. The summed E-state index contributed by atoms with van der Waals surface area (Å²) < 4.78 is 5.49. The highest BCUT2D eigenvalue weighted by Crippen LogP contribution is 2.28. The first-order valence-corrected chi connectivity index (χ1v) is 7.32. The fourth-order valence-electron chi connectivity index (χ4n) is 2.84. The summed E-state index contributed by atoms with van der Waals surface area (Å²) in [6.07, 6.45) is 3.57. The van der Waals surface area contributed by atoms with Gasteiger partial charge in [-0.15, -0.1) is 0 Å². The van der Waals surface area contributed by atoms with Gasteiger partial charge in [0.25, 0.3) is 0 Å². The third kappa shape index (κ3) is 3.71. The molecule has 1 aromatic carbocycles. The van der Waals surface area contributed by atoms with Gasteiger partial charge in [-0.3, -0.25) is 0 Å². The number of nitrogens with zero attached hydrogens (tertiary/aromatic N) is 1. The van der Waals surface area contributed by atoms with Gasteiger partial charge in [0.05, 0.1) is 7.11 Å². The van der Waals surface area contributed by atoms with E-state index in [9.17, 15) is 0 Å². The highest BCUT2D eigenvalue weighted by molar-refractivity contribution is 5.35. The first kappa shape index (κ1) is 14.4. The van der Waals surface area contributed by atoms with Gasteiger partial charge in [-0.1, -0.05) is 25.1 Å². The number of rotatable bonds is 5. The highest BCUT2D eigenvalue weighted by Gasteiger charge is 2.21. The molecule has 0 amide bonds. The molecule has 0 aliphatic carbocycles. The Kier molecular flexibility index (Phi) is 5.23. The van der Waals surface area contributed by atoms with E-state index in [2.05, 4.69) is 36.3 Å². The SMILES string of the molecule is CCC(NC1CCN(C)CC1)c1ccccc1OC. The zero-order valence-corrected chi connectivity index (χ0v) is 12.4. The molecule has 1 N–H and O–H groups in total. The maximum Gasteiger partial charge on any atom is 0.123 e.